The SMILES string of the molecule is O=C(C[C@@H]1O[C@H](CNC(=O)c2cccc(F)c2)[C@@H](O)[C@H]1O)NCc1cccnc1. The zero-order chi connectivity index (χ0) is 20.8. The quantitative estimate of drug-likeness (QED) is 0.522. The molecule has 2 amide bonds. The van der Waals surface area contributed by atoms with E-state index in [2.05, 4.69) is 15.6 Å². The Bertz CT molecular complexity index is 851. The van der Waals surface area contributed by atoms with Gasteiger partial charge in [-0.15, -0.1) is 0 Å². The zero-order valence-corrected chi connectivity index (χ0v) is 15.5. The average molecular weight is 403 g/mol. The van der Waals surface area contributed by atoms with Crippen LogP contribution >= 0.6 is 0 Å². The molecule has 1 aromatic carbocycles. The number of pyridine rings is 1. The van der Waals surface area contributed by atoms with Gasteiger partial charge in [0.05, 0.1) is 12.5 Å². The fraction of sp³-hybridized carbons (Fsp3) is 0.350. The van der Waals surface area contributed by atoms with Gasteiger partial charge in [-0.05, 0) is 29.8 Å². The van der Waals surface area contributed by atoms with Gasteiger partial charge in [-0.3, -0.25) is 14.6 Å². The first kappa shape index (κ1) is 20.8. The van der Waals surface area contributed by atoms with Gasteiger partial charge in [0.2, 0.25) is 5.91 Å². The predicted molar refractivity (Wildman–Crippen MR) is 100 cm³/mol. The molecule has 0 radical (unpaired) electrons. The summed E-state index contributed by atoms with van der Waals surface area (Å²) in [5.74, 6) is -1.43. The second-order valence-corrected chi connectivity index (χ2v) is 6.76. The average Bonchev–Trinajstić information content (AvgIpc) is 2.99. The van der Waals surface area contributed by atoms with Crippen LogP contribution in [-0.2, 0) is 16.1 Å². The van der Waals surface area contributed by atoms with Crippen LogP contribution in [-0.4, -0.2) is 58.0 Å². The Balaban J connectivity index is 1.47. The van der Waals surface area contributed by atoms with Crippen LogP contribution in [0.4, 0.5) is 4.39 Å². The largest absolute Gasteiger partial charge is 0.388 e. The van der Waals surface area contributed by atoms with Crippen molar-refractivity contribution in [2.75, 3.05) is 6.54 Å². The van der Waals surface area contributed by atoms with Gasteiger partial charge >= 0.3 is 0 Å². The molecule has 8 nitrogen and oxygen atoms in total. The van der Waals surface area contributed by atoms with Gasteiger partial charge in [0.25, 0.3) is 5.91 Å². The van der Waals surface area contributed by atoms with Crippen LogP contribution in [0.2, 0.25) is 0 Å². The van der Waals surface area contributed by atoms with Gasteiger partial charge in [-0.25, -0.2) is 4.39 Å². The van der Waals surface area contributed by atoms with E-state index in [1.54, 1.807) is 18.5 Å². The zero-order valence-electron chi connectivity index (χ0n) is 15.5. The van der Waals surface area contributed by atoms with Gasteiger partial charge in [0.15, 0.2) is 0 Å². The number of aromatic nitrogens is 1. The molecule has 29 heavy (non-hydrogen) atoms. The topological polar surface area (TPSA) is 121 Å². The molecule has 1 aliphatic heterocycles. The number of amides is 2. The first-order valence-corrected chi connectivity index (χ1v) is 9.15. The molecule has 0 spiro atoms. The number of aliphatic hydroxyl groups is 2. The molecular weight excluding hydrogens is 381 g/mol. The summed E-state index contributed by atoms with van der Waals surface area (Å²) in [6, 6.07) is 8.75. The molecule has 0 aliphatic carbocycles. The lowest BCUT2D eigenvalue weighted by Gasteiger charge is -2.15. The lowest BCUT2D eigenvalue weighted by Crippen LogP contribution is -2.40. The minimum atomic E-state index is -1.27. The molecule has 4 N–H and O–H groups in total. The summed E-state index contributed by atoms with van der Waals surface area (Å²) in [6.45, 7) is 0.187. The van der Waals surface area contributed by atoms with Crippen molar-refractivity contribution in [1.29, 1.82) is 0 Å². The van der Waals surface area contributed by atoms with Crippen molar-refractivity contribution in [3.63, 3.8) is 0 Å². The number of carbonyl (C=O) groups is 2. The Hall–Kier alpha value is -2.88. The minimum Gasteiger partial charge on any atom is -0.388 e. The van der Waals surface area contributed by atoms with Crippen molar-refractivity contribution in [2.24, 2.45) is 0 Å². The third kappa shape index (κ3) is 5.57. The standard InChI is InChI=1S/C20H22FN3O5/c21-14-5-1-4-13(7-14)20(28)24-11-16-19(27)18(26)15(29-16)8-17(25)23-10-12-3-2-6-22-9-12/h1-7,9,15-16,18-19,26-27H,8,10-11H2,(H,23,25)(H,24,28)/t15-,16+,18-,19+/m0/s1. The van der Waals surface area contributed by atoms with Crippen molar-refractivity contribution in [1.82, 2.24) is 15.6 Å². The highest BCUT2D eigenvalue weighted by atomic mass is 19.1. The van der Waals surface area contributed by atoms with E-state index in [-0.39, 0.29) is 31.0 Å². The summed E-state index contributed by atoms with van der Waals surface area (Å²) in [5.41, 5.74) is 0.955. The fourth-order valence-electron chi connectivity index (χ4n) is 3.05. The molecule has 0 unspecified atom stereocenters. The summed E-state index contributed by atoms with van der Waals surface area (Å²) in [4.78, 5) is 28.1. The maximum absolute atomic E-state index is 13.2. The Morgan fingerprint density at radius 2 is 1.90 bits per heavy atom. The first-order chi connectivity index (χ1) is 13.9. The van der Waals surface area contributed by atoms with E-state index in [0.717, 1.165) is 11.6 Å². The third-order valence-corrected chi connectivity index (χ3v) is 4.61. The van der Waals surface area contributed by atoms with Crippen LogP contribution in [0, 0.1) is 5.82 Å². The number of benzene rings is 1. The number of halogens is 1. The normalized spacial score (nSPS) is 23.6. The third-order valence-electron chi connectivity index (χ3n) is 4.61. The fourth-order valence-corrected chi connectivity index (χ4v) is 3.05. The lowest BCUT2D eigenvalue weighted by atomic mass is 10.1. The number of rotatable bonds is 7. The number of aliphatic hydroxyl groups excluding tert-OH is 2. The maximum atomic E-state index is 13.2. The first-order valence-electron chi connectivity index (χ1n) is 9.15. The second kappa shape index (κ2) is 9.55. The van der Waals surface area contributed by atoms with Crippen molar-refractivity contribution < 1.29 is 28.9 Å². The van der Waals surface area contributed by atoms with E-state index in [9.17, 15) is 24.2 Å². The summed E-state index contributed by atoms with van der Waals surface area (Å²) >= 11 is 0. The minimum absolute atomic E-state index is 0.0959. The molecule has 1 fully saturated rings. The van der Waals surface area contributed by atoms with Crippen LogP contribution in [0.25, 0.3) is 0 Å². The van der Waals surface area contributed by atoms with E-state index < -0.39 is 36.1 Å². The van der Waals surface area contributed by atoms with E-state index in [1.165, 1.54) is 18.2 Å². The van der Waals surface area contributed by atoms with Gasteiger partial charge in [0, 0.05) is 31.0 Å². The monoisotopic (exact) mass is 403 g/mol. The van der Waals surface area contributed by atoms with Crippen LogP contribution in [0.15, 0.2) is 48.8 Å². The van der Waals surface area contributed by atoms with Crippen molar-refractivity contribution in [3.05, 3.63) is 65.7 Å². The van der Waals surface area contributed by atoms with Gasteiger partial charge in [0.1, 0.15) is 24.1 Å². The highest BCUT2D eigenvalue weighted by Gasteiger charge is 2.43. The lowest BCUT2D eigenvalue weighted by molar-refractivity contribution is -0.125. The number of nitrogens with zero attached hydrogens (tertiary/aromatic N) is 1. The van der Waals surface area contributed by atoms with E-state index in [4.69, 9.17) is 4.74 Å². The molecule has 4 atom stereocenters. The molecule has 154 valence electrons. The molecule has 9 heteroatoms. The number of hydrogen-bond donors (Lipinski definition) is 4. The van der Waals surface area contributed by atoms with Crippen LogP contribution in [0.1, 0.15) is 22.3 Å². The highest BCUT2D eigenvalue weighted by Crippen LogP contribution is 2.23. The Kier molecular flexibility index (Phi) is 6.86. The summed E-state index contributed by atoms with van der Waals surface area (Å²) in [7, 11) is 0. The summed E-state index contributed by atoms with van der Waals surface area (Å²) in [5, 5.41) is 25.5. The molecule has 0 bridgehead atoms. The van der Waals surface area contributed by atoms with Crippen molar-refractivity contribution >= 4 is 11.8 Å². The molecule has 1 aliphatic rings. The number of hydrogen-bond acceptors (Lipinski definition) is 6. The summed E-state index contributed by atoms with van der Waals surface area (Å²) < 4.78 is 18.8. The van der Waals surface area contributed by atoms with Gasteiger partial charge in [-0.1, -0.05) is 12.1 Å². The highest BCUT2D eigenvalue weighted by molar-refractivity contribution is 5.94. The molecule has 0 saturated carbocycles. The van der Waals surface area contributed by atoms with E-state index in [1.807, 2.05) is 6.07 Å². The second-order valence-electron chi connectivity index (χ2n) is 6.76. The van der Waals surface area contributed by atoms with Crippen molar-refractivity contribution in [2.45, 2.75) is 37.4 Å². The van der Waals surface area contributed by atoms with Crippen LogP contribution < -0.4 is 10.6 Å². The van der Waals surface area contributed by atoms with Crippen LogP contribution in [0.3, 0.4) is 0 Å². The number of nitrogens with one attached hydrogen (secondary N) is 2. The molecule has 2 heterocycles. The molecule has 2 aromatic rings. The Morgan fingerprint density at radius 1 is 1.10 bits per heavy atom. The smallest absolute Gasteiger partial charge is 0.251 e. The number of carbonyl (C=O) groups excluding carboxylic acids is 2. The molecule has 1 saturated heterocycles. The number of ether oxygens (including phenoxy) is 1. The Labute approximate surface area is 166 Å². The molecule has 1 aromatic heterocycles. The molecular formula is C20H22FN3O5. The van der Waals surface area contributed by atoms with Gasteiger partial charge in [-0.2, -0.15) is 0 Å². The Morgan fingerprint density at radius 3 is 2.62 bits per heavy atom. The van der Waals surface area contributed by atoms with Crippen LogP contribution in [0.5, 0.6) is 0 Å². The van der Waals surface area contributed by atoms with Gasteiger partial charge < -0.3 is 25.6 Å². The molecule has 3 rings (SSSR count). The predicted octanol–water partition coefficient (Wildman–Crippen LogP) is 0.146. The van der Waals surface area contributed by atoms with Crippen molar-refractivity contribution in [3.8, 4) is 0 Å². The summed E-state index contributed by atoms with van der Waals surface area (Å²) in [6.07, 6.45) is -1.22. The van der Waals surface area contributed by atoms with E-state index >= 15 is 0 Å². The van der Waals surface area contributed by atoms with E-state index in [0.29, 0.717) is 0 Å². The maximum Gasteiger partial charge on any atom is 0.251 e.